The van der Waals surface area contributed by atoms with Gasteiger partial charge in [-0.3, -0.25) is 9.78 Å². The second-order valence-corrected chi connectivity index (χ2v) is 3.82. The maximum absolute atomic E-state index is 10.6. The van der Waals surface area contributed by atoms with Crippen LogP contribution in [0.15, 0.2) is 12.1 Å². The fraction of sp³-hybridized carbons (Fsp3) is 0.455. The number of nitrogens with zero attached hydrogens (tertiary/aromatic N) is 1. The molecule has 1 aliphatic rings. The smallest absolute Gasteiger partial charge is 0.303 e. The summed E-state index contributed by atoms with van der Waals surface area (Å²) in [5, 5.41) is 8.73. The Morgan fingerprint density at radius 3 is 3.14 bits per heavy atom. The number of aromatic nitrogens is 1. The van der Waals surface area contributed by atoms with Gasteiger partial charge in [0.05, 0.1) is 6.42 Å². The van der Waals surface area contributed by atoms with Gasteiger partial charge < -0.3 is 5.11 Å². The van der Waals surface area contributed by atoms with E-state index in [0.29, 0.717) is 0 Å². The van der Waals surface area contributed by atoms with Gasteiger partial charge in [0.1, 0.15) is 0 Å². The molecule has 0 bridgehead atoms. The van der Waals surface area contributed by atoms with E-state index in [0.717, 1.165) is 29.8 Å². The molecule has 1 aromatic heterocycles. The Hall–Kier alpha value is -1.38. The second-order valence-electron chi connectivity index (χ2n) is 3.82. The summed E-state index contributed by atoms with van der Waals surface area (Å²) in [4.78, 5) is 15.0. The highest BCUT2D eigenvalue weighted by atomic mass is 16.4. The summed E-state index contributed by atoms with van der Waals surface area (Å²) in [6.07, 6.45) is 2.09. The second kappa shape index (κ2) is 3.40. The number of aliphatic carboxylic acids is 1. The Kier molecular flexibility index (Phi) is 2.23. The van der Waals surface area contributed by atoms with Gasteiger partial charge in [-0.05, 0) is 37.3 Å². The van der Waals surface area contributed by atoms with Crippen LogP contribution in [-0.2, 0) is 11.2 Å². The first-order valence-electron chi connectivity index (χ1n) is 4.85. The molecule has 0 spiro atoms. The topological polar surface area (TPSA) is 50.2 Å². The summed E-state index contributed by atoms with van der Waals surface area (Å²) < 4.78 is 0. The Labute approximate surface area is 82.8 Å². The quantitative estimate of drug-likeness (QED) is 0.776. The molecular formula is C11H13NO2. The summed E-state index contributed by atoms with van der Waals surface area (Å²) in [5.74, 6) is -0.543. The molecule has 0 saturated heterocycles. The number of fused-ring (bicyclic) bond motifs is 1. The van der Waals surface area contributed by atoms with Crippen LogP contribution in [0.5, 0.6) is 0 Å². The lowest BCUT2D eigenvalue weighted by molar-refractivity contribution is -0.137. The highest BCUT2D eigenvalue weighted by Crippen LogP contribution is 2.34. The first-order chi connectivity index (χ1) is 6.66. The number of carboxylic acid groups (broad SMARTS) is 1. The van der Waals surface area contributed by atoms with Crippen molar-refractivity contribution in [3.05, 3.63) is 29.1 Å². The number of rotatable bonds is 2. The highest BCUT2D eigenvalue weighted by Gasteiger charge is 2.25. The fourth-order valence-corrected chi connectivity index (χ4v) is 2.08. The molecule has 0 radical (unpaired) electrons. The van der Waals surface area contributed by atoms with E-state index in [2.05, 4.69) is 4.98 Å². The van der Waals surface area contributed by atoms with Crippen molar-refractivity contribution in [1.82, 2.24) is 4.98 Å². The van der Waals surface area contributed by atoms with E-state index in [1.165, 1.54) is 0 Å². The van der Waals surface area contributed by atoms with Gasteiger partial charge in [0.2, 0.25) is 0 Å². The minimum atomic E-state index is -0.719. The van der Waals surface area contributed by atoms with Gasteiger partial charge in [0, 0.05) is 11.4 Å². The van der Waals surface area contributed by atoms with Crippen LogP contribution < -0.4 is 0 Å². The van der Waals surface area contributed by atoms with Gasteiger partial charge in [-0.2, -0.15) is 0 Å². The molecule has 3 heteroatoms. The van der Waals surface area contributed by atoms with Crippen molar-refractivity contribution in [2.75, 3.05) is 0 Å². The number of carbonyl (C=O) groups is 1. The molecule has 0 amide bonds. The van der Waals surface area contributed by atoms with Crippen LogP contribution in [0.2, 0.25) is 0 Å². The summed E-state index contributed by atoms with van der Waals surface area (Å²) in [7, 11) is 0. The molecule has 0 aromatic carbocycles. The molecule has 14 heavy (non-hydrogen) atoms. The number of carboxylic acids is 1. The van der Waals surface area contributed by atoms with Gasteiger partial charge in [0.15, 0.2) is 0 Å². The predicted octanol–water partition coefficient (Wildman–Crippen LogP) is 1.89. The third-order valence-corrected chi connectivity index (χ3v) is 2.74. The van der Waals surface area contributed by atoms with Gasteiger partial charge >= 0.3 is 5.97 Å². The van der Waals surface area contributed by atoms with E-state index >= 15 is 0 Å². The monoisotopic (exact) mass is 191 g/mol. The van der Waals surface area contributed by atoms with Gasteiger partial charge in [0.25, 0.3) is 0 Å². The van der Waals surface area contributed by atoms with E-state index in [9.17, 15) is 4.79 Å². The normalized spacial score (nSPS) is 19.4. The molecule has 3 nitrogen and oxygen atoms in total. The zero-order valence-corrected chi connectivity index (χ0v) is 8.16. The Balaban J connectivity index is 2.26. The van der Waals surface area contributed by atoms with Crippen molar-refractivity contribution in [3.63, 3.8) is 0 Å². The van der Waals surface area contributed by atoms with Crippen molar-refractivity contribution >= 4 is 5.97 Å². The molecule has 0 aliphatic heterocycles. The molecule has 74 valence electrons. The van der Waals surface area contributed by atoms with Gasteiger partial charge in [-0.15, -0.1) is 0 Å². The molecule has 1 atom stereocenters. The average molecular weight is 191 g/mol. The summed E-state index contributed by atoms with van der Waals surface area (Å²) in [6.45, 7) is 1.96. The van der Waals surface area contributed by atoms with Crippen LogP contribution >= 0.6 is 0 Å². The van der Waals surface area contributed by atoms with Crippen LogP contribution in [0.3, 0.4) is 0 Å². The summed E-state index contributed by atoms with van der Waals surface area (Å²) >= 11 is 0. The largest absolute Gasteiger partial charge is 0.481 e. The van der Waals surface area contributed by atoms with Crippen molar-refractivity contribution in [2.24, 2.45) is 0 Å². The minimum absolute atomic E-state index is 0.176. The van der Waals surface area contributed by atoms with Gasteiger partial charge in [-0.25, -0.2) is 0 Å². The number of hydrogen-bond acceptors (Lipinski definition) is 2. The summed E-state index contributed by atoms with van der Waals surface area (Å²) in [6, 6.07) is 3.98. The standard InChI is InChI=1S/C11H13NO2/c1-7-2-4-9-8(6-11(13)14)3-5-10(9)12-7/h2,4,8H,3,5-6H2,1H3,(H,13,14). The molecule has 1 N–H and O–H groups in total. The van der Waals surface area contributed by atoms with E-state index in [-0.39, 0.29) is 12.3 Å². The van der Waals surface area contributed by atoms with Crippen molar-refractivity contribution < 1.29 is 9.90 Å². The van der Waals surface area contributed by atoms with Crippen LogP contribution in [0, 0.1) is 6.92 Å². The van der Waals surface area contributed by atoms with E-state index in [4.69, 9.17) is 5.11 Å². The highest BCUT2D eigenvalue weighted by molar-refractivity contribution is 5.68. The maximum Gasteiger partial charge on any atom is 0.303 e. The van der Waals surface area contributed by atoms with Crippen molar-refractivity contribution in [1.29, 1.82) is 0 Å². The molecule has 0 fully saturated rings. The van der Waals surface area contributed by atoms with E-state index in [1.54, 1.807) is 0 Å². The summed E-state index contributed by atoms with van der Waals surface area (Å²) in [5.41, 5.74) is 3.24. The first-order valence-corrected chi connectivity index (χ1v) is 4.85. The SMILES string of the molecule is Cc1ccc2c(n1)CCC2CC(=O)O. The van der Waals surface area contributed by atoms with E-state index < -0.39 is 5.97 Å². The van der Waals surface area contributed by atoms with Crippen molar-refractivity contribution in [2.45, 2.75) is 32.1 Å². The molecule has 1 aliphatic carbocycles. The van der Waals surface area contributed by atoms with Crippen LogP contribution in [0.1, 0.15) is 35.7 Å². The lowest BCUT2D eigenvalue weighted by Crippen LogP contribution is -2.03. The Morgan fingerprint density at radius 1 is 1.64 bits per heavy atom. The first kappa shape index (κ1) is 9.19. The number of aryl methyl sites for hydroxylation is 2. The minimum Gasteiger partial charge on any atom is -0.481 e. The predicted molar refractivity (Wildman–Crippen MR) is 52.3 cm³/mol. The lowest BCUT2D eigenvalue weighted by atomic mass is 9.99. The lowest BCUT2D eigenvalue weighted by Gasteiger charge is -2.07. The average Bonchev–Trinajstić information content (AvgIpc) is 2.47. The zero-order chi connectivity index (χ0) is 10.1. The fourth-order valence-electron chi connectivity index (χ4n) is 2.08. The zero-order valence-electron chi connectivity index (χ0n) is 8.16. The Morgan fingerprint density at radius 2 is 2.43 bits per heavy atom. The van der Waals surface area contributed by atoms with Crippen LogP contribution in [-0.4, -0.2) is 16.1 Å². The maximum atomic E-state index is 10.6. The number of hydrogen-bond donors (Lipinski definition) is 1. The molecule has 1 heterocycles. The molecular weight excluding hydrogens is 178 g/mol. The molecule has 2 rings (SSSR count). The third kappa shape index (κ3) is 1.62. The van der Waals surface area contributed by atoms with Crippen LogP contribution in [0.4, 0.5) is 0 Å². The molecule has 1 aromatic rings. The third-order valence-electron chi connectivity index (χ3n) is 2.74. The van der Waals surface area contributed by atoms with Crippen molar-refractivity contribution in [3.8, 4) is 0 Å². The Bertz CT molecular complexity index is 374. The molecule has 0 saturated carbocycles. The van der Waals surface area contributed by atoms with Crippen LogP contribution in [0.25, 0.3) is 0 Å². The van der Waals surface area contributed by atoms with E-state index in [1.807, 2.05) is 19.1 Å². The molecule has 1 unspecified atom stereocenters. The van der Waals surface area contributed by atoms with Gasteiger partial charge in [-0.1, -0.05) is 6.07 Å². The number of pyridine rings is 1.